The number of carbonyl (C=O) groups excluding carboxylic acids is 1. The van der Waals surface area contributed by atoms with Crippen molar-refractivity contribution in [1.82, 2.24) is 4.98 Å². The molecule has 1 amide bonds. The number of ether oxygens (including phenoxy) is 3. The number of hydrogen-bond donors (Lipinski definition) is 1. The Kier molecular flexibility index (Phi) is 7.50. The van der Waals surface area contributed by atoms with Gasteiger partial charge < -0.3 is 19.5 Å². The summed E-state index contributed by atoms with van der Waals surface area (Å²) in [6, 6.07) is 12.3. The van der Waals surface area contributed by atoms with Gasteiger partial charge in [0.1, 0.15) is 5.56 Å². The Bertz CT molecular complexity index is 1110. The number of aromatic nitrogens is 1. The molecule has 3 rings (SSSR count). The van der Waals surface area contributed by atoms with Crippen LogP contribution in [0.15, 0.2) is 59.8 Å². The van der Waals surface area contributed by atoms with E-state index in [-0.39, 0.29) is 22.8 Å². The van der Waals surface area contributed by atoms with Gasteiger partial charge in [0.15, 0.2) is 5.75 Å². The molecule has 32 heavy (non-hydrogen) atoms. The van der Waals surface area contributed by atoms with E-state index in [9.17, 15) is 14.9 Å². The average molecular weight is 455 g/mol. The summed E-state index contributed by atoms with van der Waals surface area (Å²) in [5.41, 5.74) is 0.874. The third kappa shape index (κ3) is 5.09. The normalized spacial score (nSPS) is 10.3. The molecule has 0 atom stereocenters. The van der Waals surface area contributed by atoms with E-state index in [2.05, 4.69) is 10.3 Å². The van der Waals surface area contributed by atoms with E-state index in [1.165, 1.54) is 27.4 Å². The highest BCUT2D eigenvalue weighted by atomic mass is 32.2. The molecular formula is C22H21N3O6S. The first kappa shape index (κ1) is 22.9. The summed E-state index contributed by atoms with van der Waals surface area (Å²) < 4.78 is 15.6. The molecule has 0 radical (unpaired) electrons. The molecule has 1 aromatic heterocycles. The van der Waals surface area contributed by atoms with Crippen molar-refractivity contribution in [2.75, 3.05) is 26.6 Å². The molecule has 0 aliphatic carbocycles. The highest BCUT2D eigenvalue weighted by molar-refractivity contribution is 7.98. The van der Waals surface area contributed by atoms with Crippen molar-refractivity contribution in [3.05, 3.63) is 76.1 Å². The highest BCUT2D eigenvalue weighted by Gasteiger charge is 2.32. The van der Waals surface area contributed by atoms with E-state index in [0.29, 0.717) is 5.69 Å². The SMILES string of the molecule is COc1cc(C(=O)Nc2ccc(SCc3cccnc3)cc2)c([N+](=O)[O-])c(OC)c1OC. The molecule has 0 aliphatic heterocycles. The van der Waals surface area contributed by atoms with Gasteiger partial charge in [0.05, 0.1) is 26.3 Å². The average Bonchev–Trinajstić information content (AvgIpc) is 2.82. The van der Waals surface area contributed by atoms with Crippen molar-refractivity contribution >= 4 is 29.0 Å². The maximum absolute atomic E-state index is 12.9. The first-order valence-corrected chi connectivity index (χ1v) is 10.4. The Morgan fingerprint density at radius 3 is 2.38 bits per heavy atom. The van der Waals surface area contributed by atoms with Crippen LogP contribution in [0.3, 0.4) is 0 Å². The molecule has 10 heteroatoms. The smallest absolute Gasteiger partial charge is 0.327 e. The number of pyridine rings is 1. The lowest BCUT2D eigenvalue weighted by molar-refractivity contribution is -0.386. The van der Waals surface area contributed by atoms with Crippen LogP contribution >= 0.6 is 11.8 Å². The Balaban J connectivity index is 1.81. The fourth-order valence-corrected chi connectivity index (χ4v) is 3.81. The number of anilines is 1. The fourth-order valence-electron chi connectivity index (χ4n) is 2.98. The van der Waals surface area contributed by atoms with Gasteiger partial charge in [0.25, 0.3) is 5.91 Å². The Labute approximate surface area is 188 Å². The van der Waals surface area contributed by atoms with Gasteiger partial charge in [0, 0.05) is 34.8 Å². The Morgan fingerprint density at radius 1 is 1.09 bits per heavy atom. The molecule has 1 N–H and O–H groups in total. The van der Waals surface area contributed by atoms with Crippen LogP contribution in [0, 0.1) is 10.1 Å². The number of nitrogens with zero attached hydrogens (tertiary/aromatic N) is 2. The molecule has 0 spiro atoms. The van der Waals surface area contributed by atoms with Gasteiger partial charge >= 0.3 is 5.69 Å². The number of nitro benzene ring substituents is 1. The predicted molar refractivity (Wildman–Crippen MR) is 121 cm³/mol. The number of benzene rings is 2. The van der Waals surface area contributed by atoms with Crippen LogP contribution < -0.4 is 19.5 Å². The van der Waals surface area contributed by atoms with E-state index >= 15 is 0 Å². The first-order chi connectivity index (χ1) is 15.5. The van der Waals surface area contributed by atoms with Crippen molar-refractivity contribution in [2.45, 2.75) is 10.6 Å². The molecule has 0 aliphatic rings. The highest BCUT2D eigenvalue weighted by Crippen LogP contribution is 2.46. The van der Waals surface area contributed by atoms with Crippen molar-refractivity contribution in [3.8, 4) is 17.2 Å². The molecule has 0 saturated heterocycles. The molecule has 166 valence electrons. The van der Waals surface area contributed by atoms with Crippen LogP contribution in [0.1, 0.15) is 15.9 Å². The topological polar surface area (TPSA) is 113 Å². The third-order valence-corrected chi connectivity index (χ3v) is 5.55. The molecule has 3 aromatic rings. The largest absolute Gasteiger partial charge is 0.493 e. The van der Waals surface area contributed by atoms with Crippen LogP contribution in [-0.2, 0) is 5.75 Å². The van der Waals surface area contributed by atoms with E-state index < -0.39 is 16.5 Å². The number of methoxy groups -OCH3 is 3. The standard InChI is InChI=1S/C22H21N3O6S/c1-29-18-11-17(19(25(27)28)21(31-3)20(18)30-2)22(26)24-15-6-8-16(9-7-15)32-13-14-5-4-10-23-12-14/h4-12H,13H2,1-3H3,(H,24,26). The second-order valence-corrected chi connectivity index (χ2v) is 7.48. The molecule has 0 fully saturated rings. The van der Waals surface area contributed by atoms with Crippen LogP contribution in [0.4, 0.5) is 11.4 Å². The van der Waals surface area contributed by atoms with Crippen molar-refractivity contribution < 1.29 is 23.9 Å². The minimum atomic E-state index is -0.687. The second kappa shape index (κ2) is 10.5. The Hall–Kier alpha value is -3.79. The minimum absolute atomic E-state index is 0.0354. The number of nitro groups is 1. The zero-order chi connectivity index (χ0) is 23.1. The van der Waals surface area contributed by atoms with Crippen LogP contribution in [0.25, 0.3) is 0 Å². The maximum atomic E-state index is 12.9. The van der Waals surface area contributed by atoms with Gasteiger partial charge in [-0.3, -0.25) is 19.9 Å². The Morgan fingerprint density at radius 2 is 1.81 bits per heavy atom. The summed E-state index contributed by atoms with van der Waals surface area (Å²) in [7, 11) is 3.96. The van der Waals surface area contributed by atoms with Gasteiger partial charge in [-0.15, -0.1) is 11.8 Å². The van der Waals surface area contributed by atoms with Crippen molar-refractivity contribution in [3.63, 3.8) is 0 Å². The lowest BCUT2D eigenvalue weighted by Gasteiger charge is -2.15. The third-order valence-electron chi connectivity index (χ3n) is 4.47. The number of nitrogens with one attached hydrogen (secondary N) is 1. The predicted octanol–water partition coefficient (Wildman–Crippen LogP) is 4.56. The number of amides is 1. The minimum Gasteiger partial charge on any atom is -0.493 e. The zero-order valence-corrected chi connectivity index (χ0v) is 18.5. The number of carbonyl (C=O) groups is 1. The summed E-state index contributed by atoms with van der Waals surface area (Å²) in [4.78, 5) is 29.0. The summed E-state index contributed by atoms with van der Waals surface area (Å²) in [6.07, 6.45) is 3.54. The number of hydrogen-bond acceptors (Lipinski definition) is 8. The van der Waals surface area contributed by atoms with Gasteiger partial charge in [0.2, 0.25) is 11.5 Å². The van der Waals surface area contributed by atoms with E-state index in [4.69, 9.17) is 14.2 Å². The molecule has 0 saturated carbocycles. The molecular weight excluding hydrogens is 434 g/mol. The van der Waals surface area contributed by atoms with Crippen LogP contribution in [0.2, 0.25) is 0 Å². The van der Waals surface area contributed by atoms with Crippen LogP contribution in [-0.4, -0.2) is 37.1 Å². The van der Waals surface area contributed by atoms with Gasteiger partial charge in [-0.25, -0.2) is 0 Å². The molecule has 9 nitrogen and oxygen atoms in total. The molecule has 0 bridgehead atoms. The van der Waals surface area contributed by atoms with Crippen molar-refractivity contribution in [1.29, 1.82) is 0 Å². The number of rotatable bonds is 9. The van der Waals surface area contributed by atoms with Gasteiger partial charge in [-0.2, -0.15) is 0 Å². The van der Waals surface area contributed by atoms with E-state index in [0.717, 1.165) is 16.2 Å². The second-order valence-electron chi connectivity index (χ2n) is 6.43. The van der Waals surface area contributed by atoms with E-state index in [1.54, 1.807) is 30.1 Å². The first-order valence-electron chi connectivity index (χ1n) is 9.39. The number of thioether (sulfide) groups is 1. The van der Waals surface area contributed by atoms with E-state index in [1.807, 2.05) is 30.5 Å². The zero-order valence-electron chi connectivity index (χ0n) is 17.7. The fraction of sp³-hybridized carbons (Fsp3) is 0.182. The summed E-state index contributed by atoms with van der Waals surface area (Å²) in [6.45, 7) is 0. The summed E-state index contributed by atoms with van der Waals surface area (Å²) in [5, 5.41) is 14.4. The van der Waals surface area contributed by atoms with Gasteiger partial charge in [-0.05, 0) is 35.9 Å². The monoisotopic (exact) mass is 455 g/mol. The lowest BCUT2D eigenvalue weighted by Crippen LogP contribution is -2.15. The van der Waals surface area contributed by atoms with Crippen molar-refractivity contribution in [2.24, 2.45) is 0 Å². The van der Waals surface area contributed by atoms with Gasteiger partial charge in [-0.1, -0.05) is 6.07 Å². The molecule has 2 aromatic carbocycles. The quantitative estimate of drug-likeness (QED) is 0.284. The lowest BCUT2D eigenvalue weighted by atomic mass is 10.1. The summed E-state index contributed by atoms with van der Waals surface area (Å²) in [5.74, 6) is 0.0725. The molecule has 0 unspecified atom stereocenters. The molecule has 1 heterocycles. The summed E-state index contributed by atoms with van der Waals surface area (Å²) >= 11 is 1.63. The van der Waals surface area contributed by atoms with Crippen LogP contribution in [0.5, 0.6) is 17.2 Å². The maximum Gasteiger partial charge on any atom is 0.327 e.